The molecule has 0 spiro atoms. The number of nitrogens with zero attached hydrogens (tertiary/aromatic N) is 4. The number of sulfonamides is 1. The molecule has 0 aliphatic carbocycles. The quantitative estimate of drug-likeness (QED) is 0.534. The molecule has 2 aromatic heterocycles. The second-order valence-electron chi connectivity index (χ2n) is 5.80. The Kier molecular flexibility index (Phi) is 6.12. The summed E-state index contributed by atoms with van der Waals surface area (Å²) in [6, 6.07) is 9.67. The van der Waals surface area contributed by atoms with E-state index in [4.69, 9.17) is 16.3 Å². The monoisotopic (exact) mass is 422 g/mol. The lowest BCUT2D eigenvalue weighted by Gasteiger charge is -2.10. The summed E-state index contributed by atoms with van der Waals surface area (Å²) in [4.78, 5) is 0.0666. The second kappa shape index (κ2) is 8.55. The minimum Gasteiger partial charge on any atom is -0.495 e. The predicted octanol–water partition coefficient (Wildman–Crippen LogP) is 2.02. The van der Waals surface area contributed by atoms with Crippen LogP contribution >= 0.6 is 11.6 Å². The van der Waals surface area contributed by atoms with E-state index in [0.717, 1.165) is 5.69 Å². The maximum atomic E-state index is 12.3. The van der Waals surface area contributed by atoms with Crippen molar-refractivity contribution >= 4 is 27.4 Å². The summed E-state index contributed by atoms with van der Waals surface area (Å²) < 4.78 is 33.8. The van der Waals surface area contributed by atoms with Crippen molar-refractivity contribution in [1.29, 1.82) is 0 Å². The highest BCUT2D eigenvalue weighted by Crippen LogP contribution is 2.26. The molecule has 28 heavy (non-hydrogen) atoms. The van der Waals surface area contributed by atoms with E-state index in [0.29, 0.717) is 23.9 Å². The molecule has 0 bridgehead atoms. The van der Waals surface area contributed by atoms with Gasteiger partial charge in [-0.15, -0.1) is 10.2 Å². The molecule has 2 N–H and O–H groups in total. The van der Waals surface area contributed by atoms with Gasteiger partial charge in [0, 0.05) is 19.3 Å². The van der Waals surface area contributed by atoms with Gasteiger partial charge in [0.25, 0.3) is 0 Å². The number of aromatic nitrogens is 4. The van der Waals surface area contributed by atoms with E-state index in [9.17, 15) is 8.42 Å². The molecule has 1 aromatic carbocycles. The molecule has 148 valence electrons. The normalized spacial score (nSPS) is 11.4. The van der Waals surface area contributed by atoms with Gasteiger partial charge in [-0.05, 0) is 43.3 Å². The molecule has 0 saturated carbocycles. The topological polar surface area (TPSA) is 111 Å². The van der Waals surface area contributed by atoms with Crippen LogP contribution in [0.1, 0.15) is 5.69 Å². The Morgan fingerprint density at radius 2 is 1.96 bits per heavy atom. The van der Waals surface area contributed by atoms with Crippen LogP contribution in [0.15, 0.2) is 47.5 Å². The number of nitrogens with one attached hydrogen (secondary N) is 2. The minimum atomic E-state index is -3.68. The van der Waals surface area contributed by atoms with E-state index in [2.05, 4.69) is 25.3 Å². The third-order valence-electron chi connectivity index (χ3n) is 3.76. The molecule has 9 nitrogen and oxygen atoms in total. The molecule has 11 heteroatoms. The van der Waals surface area contributed by atoms with Gasteiger partial charge in [-0.2, -0.15) is 5.10 Å². The standard InChI is InChI=1S/C17H19ClN6O3S/c1-12-7-10-24(23-12)17-6-5-16(21-22-17)19-8-9-20-28(25,26)13-3-4-15(27-2)14(18)11-13/h3-7,10-11,20H,8-9H2,1-2H3,(H,19,21). The van der Waals surface area contributed by atoms with Crippen LogP contribution in [0.25, 0.3) is 5.82 Å². The molecule has 3 rings (SSSR count). The van der Waals surface area contributed by atoms with Crippen molar-refractivity contribution in [3.05, 3.63) is 53.3 Å². The number of aryl methyl sites for hydroxylation is 1. The van der Waals surface area contributed by atoms with Crippen molar-refractivity contribution in [2.45, 2.75) is 11.8 Å². The first-order valence-corrected chi connectivity index (χ1v) is 10.2. The molecular formula is C17H19ClN6O3S. The van der Waals surface area contributed by atoms with Crippen LogP contribution < -0.4 is 14.8 Å². The molecule has 0 amide bonds. The van der Waals surface area contributed by atoms with Crippen LogP contribution in [0.2, 0.25) is 5.02 Å². The number of methoxy groups -OCH3 is 1. The largest absolute Gasteiger partial charge is 0.495 e. The molecule has 2 heterocycles. The van der Waals surface area contributed by atoms with Crippen molar-refractivity contribution in [3.8, 4) is 11.6 Å². The molecule has 0 aliphatic heterocycles. The van der Waals surface area contributed by atoms with Crippen molar-refractivity contribution < 1.29 is 13.2 Å². The summed E-state index contributed by atoms with van der Waals surface area (Å²) in [6.45, 7) is 2.38. The van der Waals surface area contributed by atoms with Crippen LogP contribution in [-0.4, -0.2) is 48.6 Å². The highest BCUT2D eigenvalue weighted by molar-refractivity contribution is 7.89. The molecule has 0 aliphatic rings. The summed E-state index contributed by atoms with van der Waals surface area (Å²) in [6.07, 6.45) is 1.80. The Morgan fingerprint density at radius 1 is 1.14 bits per heavy atom. The lowest BCUT2D eigenvalue weighted by molar-refractivity contribution is 0.414. The summed E-state index contributed by atoms with van der Waals surface area (Å²) >= 11 is 5.98. The van der Waals surface area contributed by atoms with Crippen LogP contribution in [0, 0.1) is 6.92 Å². The van der Waals surface area contributed by atoms with Gasteiger partial charge in [-0.1, -0.05) is 11.6 Å². The number of anilines is 1. The fourth-order valence-corrected chi connectivity index (χ4v) is 3.74. The summed E-state index contributed by atoms with van der Waals surface area (Å²) in [5, 5.41) is 15.6. The fourth-order valence-electron chi connectivity index (χ4n) is 2.36. The van der Waals surface area contributed by atoms with Crippen LogP contribution in [0.4, 0.5) is 5.82 Å². The van der Waals surface area contributed by atoms with E-state index in [1.807, 2.05) is 13.0 Å². The molecule has 0 radical (unpaired) electrons. The summed E-state index contributed by atoms with van der Waals surface area (Å²) in [5.41, 5.74) is 0.884. The molecule has 0 atom stereocenters. The van der Waals surface area contributed by atoms with Gasteiger partial charge in [-0.25, -0.2) is 17.8 Å². The summed E-state index contributed by atoms with van der Waals surface area (Å²) in [7, 11) is -2.22. The highest BCUT2D eigenvalue weighted by Gasteiger charge is 2.15. The molecular weight excluding hydrogens is 404 g/mol. The Bertz CT molecular complexity index is 1050. The van der Waals surface area contributed by atoms with Gasteiger partial charge >= 0.3 is 0 Å². The Balaban J connectivity index is 1.53. The van der Waals surface area contributed by atoms with Crippen LogP contribution in [0.3, 0.4) is 0 Å². The number of rotatable bonds is 8. The number of ether oxygens (including phenoxy) is 1. The van der Waals surface area contributed by atoms with Gasteiger partial charge in [-0.3, -0.25) is 0 Å². The third kappa shape index (κ3) is 4.77. The van der Waals surface area contributed by atoms with Gasteiger partial charge in [0.2, 0.25) is 10.0 Å². The Hall–Kier alpha value is -2.69. The summed E-state index contributed by atoms with van der Waals surface area (Å²) in [5.74, 6) is 1.53. The number of benzene rings is 1. The lowest BCUT2D eigenvalue weighted by atomic mass is 10.3. The molecule has 0 unspecified atom stereocenters. The first-order valence-electron chi connectivity index (χ1n) is 8.32. The van der Waals surface area contributed by atoms with Crippen molar-refractivity contribution in [3.63, 3.8) is 0 Å². The average molecular weight is 423 g/mol. The van der Waals surface area contributed by atoms with Gasteiger partial charge in [0.05, 0.1) is 22.7 Å². The second-order valence-corrected chi connectivity index (χ2v) is 7.97. The van der Waals surface area contributed by atoms with E-state index < -0.39 is 10.0 Å². The first-order chi connectivity index (χ1) is 13.4. The maximum Gasteiger partial charge on any atom is 0.240 e. The van der Waals surface area contributed by atoms with Crippen molar-refractivity contribution in [2.24, 2.45) is 0 Å². The highest BCUT2D eigenvalue weighted by atomic mass is 35.5. The van der Waals surface area contributed by atoms with E-state index in [1.165, 1.54) is 25.3 Å². The van der Waals surface area contributed by atoms with Crippen molar-refractivity contribution in [2.75, 3.05) is 25.5 Å². The number of halogens is 1. The Labute approximate surface area is 167 Å². The zero-order valence-corrected chi connectivity index (χ0v) is 16.8. The van der Waals surface area contributed by atoms with E-state index in [1.54, 1.807) is 23.0 Å². The Morgan fingerprint density at radius 3 is 2.57 bits per heavy atom. The maximum absolute atomic E-state index is 12.3. The van der Waals surface area contributed by atoms with Crippen molar-refractivity contribution in [1.82, 2.24) is 24.7 Å². The smallest absolute Gasteiger partial charge is 0.240 e. The number of hydrogen-bond donors (Lipinski definition) is 2. The first kappa shape index (κ1) is 20.1. The van der Waals surface area contributed by atoms with Crippen LogP contribution in [-0.2, 0) is 10.0 Å². The molecule has 0 fully saturated rings. The van der Waals surface area contributed by atoms with Gasteiger partial charge < -0.3 is 10.1 Å². The SMILES string of the molecule is COc1ccc(S(=O)(=O)NCCNc2ccc(-n3ccc(C)n3)nn2)cc1Cl. The van der Waals surface area contributed by atoms with E-state index >= 15 is 0 Å². The molecule has 3 aromatic rings. The zero-order valence-electron chi connectivity index (χ0n) is 15.3. The van der Waals surface area contributed by atoms with Crippen LogP contribution in [0.5, 0.6) is 5.75 Å². The third-order valence-corrected chi connectivity index (χ3v) is 5.52. The minimum absolute atomic E-state index is 0.0666. The average Bonchev–Trinajstić information content (AvgIpc) is 3.12. The lowest BCUT2D eigenvalue weighted by Crippen LogP contribution is -2.29. The fraction of sp³-hybridized carbons (Fsp3) is 0.235. The van der Waals surface area contributed by atoms with E-state index in [-0.39, 0.29) is 16.5 Å². The molecule has 0 saturated heterocycles. The zero-order chi connectivity index (χ0) is 20.1. The number of hydrogen-bond acceptors (Lipinski definition) is 7. The predicted molar refractivity (Wildman–Crippen MR) is 106 cm³/mol. The van der Waals surface area contributed by atoms with Gasteiger partial charge in [0.1, 0.15) is 11.6 Å². The van der Waals surface area contributed by atoms with Gasteiger partial charge in [0.15, 0.2) is 5.82 Å².